The molecule has 2 rings (SSSR count). The van der Waals surface area contributed by atoms with Gasteiger partial charge in [-0.05, 0) is 35.8 Å². The summed E-state index contributed by atoms with van der Waals surface area (Å²) in [5.74, 6) is -0.336. The van der Waals surface area contributed by atoms with Gasteiger partial charge in [0.1, 0.15) is 0 Å². The summed E-state index contributed by atoms with van der Waals surface area (Å²) in [5, 5.41) is 0. The second kappa shape index (κ2) is 6.94. The Labute approximate surface area is 131 Å². The van der Waals surface area contributed by atoms with Crippen LogP contribution in [0.3, 0.4) is 0 Å². The summed E-state index contributed by atoms with van der Waals surface area (Å²) in [5.41, 5.74) is 5.35. The summed E-state index contributed by atoms with van der Waals surface area (Å²) in [6, 6.07) is 16.4. The lowest BCUT2D eigenvalue weighted by molar-refractivity contribution is -0.134. The number of benzene rings is 2. The molecule has 3 heteroatoms. The van der Waals surface area contributed by atoms with Crippen molar-refractivity contribution >= 4 is 17.2 Å². The zero-order valence-corrected chi connectivity index (χ0v) is 13.5. The average Bonchev–Trinajstić information content (AvgIpc) is 2.54. The van der Waals surface area contributed by atoms with Crippen molar-refractivity contribution in [3.8, 4) is 11.1 Å². The Bertz CT molecular complexity index is 702. The molecule has 0 N–H and O–H groups in total. The fraction of sp³-hybridized carbons (Fsp3) is 0.211. The minimum Gasteiger partial charge on any atom is -0.466 e. The number of ether oxygens (including phenoxy) is 1. The molecule has 2 aromatic rings. The maximum Gasteiger partial charge on any atom is 0.330 e. The molecule has 0 aliphatic heterocycles. The molecule has 0 saturated carbocycles. The Hall–Kier alpha value is -2.55. The van der Waals surface area contributed by atoms with Crippen molar-refractivity contribution in [2.75, 3.05) is 26.1 Å². The predicted octanol–water partition coefficient (Wildman–Crippen LogP) is 4.00. The predicted molar refractivity (Wildman–Crippen MR) is 91.9 cm³/mol. The minimum absolute atomic E-state index is 0.336. The summed E-state index contributed by atoms with van der Waals surface area (Å²) >= 11 is 0. The number of allylic oxidation sites excluding steroid dienone is 1. The van der Waals surface area contributed by atoms with Crippen LogP contribution in [0.2, 0.25) is 0 Å². The molecule has 0 aromatic heterocycles. The highest BCUT2D eigenvalue weighted by Crippen LogP contribution is 2.31. The van der Waals surface area contributed by atoms with Crippen molar-refractivity contribution in [2.45, 2.75) is 6.92 Å². The number of rotatable bonds is 4. The summed E-state index contributed by atoms with van der Waals surface area (Å²) in [7, 11) is 5.45. The molecule has 2 aromatic carbocycles. The molecule has 0 aliphatic carbocycles. The van der Waals surface area contributed by atoms with Gasteiger partial charge in [0, 0.05) is 31.4 Å². The van der Waals surface area contributed by atoms with Gasteiger partial charge in [0.05, 0.1) is 7.11 Å². The van der Waals surface area contributed by atoms with E-state index in [2.05, 4.69) is 33.9 Å². The van der Waals surface area contributed by atoms with Gasteiger partial charge in [0.15, 0.2) is 0 Å². The number of carbonyl (C=O) groups is 1. The van der Waals surface area contributed by atoms with E-state index in [4.69, 9.17) is 0 Å². The molecular formula is C19H21NO2. The molecule has 0 bridgehead atoms. The van der Waals surface area contributed by atoms with Gasteiger partial charge < -0.3 is 9.64 Å². The Morgan fingerprint density at radius 2 is 1.82 bits per heavy atom. The molecule has 0 heterocycles. The highest BCUT2D eigenvalue weighted by Gasteiger charge is 2.08. The molecule has 0 radical (unpaired) electrons. The highest BCUT2D eigenvalue weighted by atomic mass is 16.5. The van der Waals surface area contributed by atoms with Crippen LogP contribution in [0.5, 0.6) is 0 Å². The van der Waals surface area contributed by atoms with Crippen LogP contribution in [-0.4, -0.2) is 27.2 Å². The van der Waals surface area contributed by atoms with E-state index < -0.39 is 0 Å². The maximum absolute atomic E-state index is 11.4. The van der Waals surface area contributed by atoms with Gasteiger partial charge >= 0.3 is 5.97 Å². The Balaban J connectivity index is 2.46. The van der Waals surface area contributed by atoms with E-state index in [0.717, 1.165) is 22.4 Å². The van der Waals surface area contributed by atoms with Gasteiger partial charge in [0.2, 0.25) is 0 Å². The monoisotopic (exact) mass is 295 g/mol. The van der Waals surface area contributed by atoms with E-state index in [9.17, 15) is 4.79 Å². The van der Waals surface area contributed by atoms with E-state index in [0.29, 0.717) is 0 Å². The lowest BCUT2D eigenvalue weighted by Crippen LogP contribution is -2.09. The molecule has 0 fully saturated rings. The van der Waals surface area contributed by atoms with Crippen molar-refractivity contribution in [2.24, 2.45) is 0 Å². The molecule has 0 amide bonds. The molecule has 0 aliphatic rings. The van der Waals surface area contributed by atoms with Crippen LogP contribution in [0.4, 0.5) is 5.69 Å². The first-order valence-electron chi connectivity index (χ1n) is 7.16. The zero-order chi connectivity index (χ0) is 16.1. The number of nitrogens with zero attached hydrogens (tertiary/aromatic N) is 1. The Morgan fingerprint density at radius 1 is 1.09 bits per heavy atom. The number of carbonyl (C=O) groups excluding carboxylic acids is 1. The second-order valence-electron chi connectivity index (χ2n) is 5.34. The number of hydrogen-bond acceptors (Lipinski definition) is 3. The number of methoxy groups -OCH3 is 1. The van der Waals surface area contributed by atoms with Crippen molar-refractivity contribution in [1.82, 2.24) is 0 Å². The maximum atomic E-state index is 11.4. The first-order valence-corrected chi connectivity index (χ1v) is 7.16. The van der Waals surface area contributed by atoms with Crippen molar-refractivity contribution in [3.05, 3.63) is 60.2 Å². The molecule has 0 unspecified atom stereocenters. The standard InChI is InChI=1S/C19H21NO2/c1-14(12-19(21)22-4)15-8-7-9-16(13-15)17-10-5-6-11-18(17)20(2)3/h5-13H,1-4H3/b14-12+. The first kappa shape index (κ1) is 15.8. The van der Waals surface area contributed by atoms with Gasteiger partial charge in [-0.25, -0.2) is 4.79 Å². The summed E-state index contributed by atoms with van der Waals surface area (Å²) in [6.07, 6.45) is 1.51. The zero-order valence-electron chi connectivity index (χ0n) is 13.5. The summed E-state index contributed by atoms with van der Waals surface area (Å²) < 4.78 is 4.69. The van der Waals surface area contributed by atoms with Gasteiger partial charge in [-0.3, -0.25) is 0 Å². The van der Waals surface area contributed by atoms with E-state index in [1.807, 2.05) is 45.3 Å². The smallest absolute Gasteiger partial charge is 0.330 e. The summed E-state index contributed by atoms with van der Waals surface area (Å²) in [4.78, 5) is 13.5. The molecule has 3 nitrogen and oxygen atoms in total. The van der Waals surface area contributed by atoms with Gasteiger partial charge in [-0.1, -0.05) is 36.4 Å². The third kappa shape index (κ3) is 3.55. The number of anilines is 1. The molecule has 22 heavy (non-hydrogen) atoms. The molecular weight excluding hydrogens is 274 g/mol. The molecule has 0 atom stereocenters. The molecule has 0 spiro atoms. The van der Waals surface area contributed by atoms with Gasteiger partial charge in [0.25, 0.3) is 0 Å². The van der Waals surface area contributed by atoms with E-state index in [-0.39, 0.29) is 5.97 Å². The second-order valence-corrected chi connectivity index (χ2v) is 5.34. The van der Waals surface area contributed by atoms with Crippen LogP contribution >= 0.6 is 0 Å². The third-order valence-corrected chi connectivity index (χ3v) is 3.55. The normalized spacial score (nSPS) is 11.2. The lowest BCUT2D eigenvalue weighted by Gasteiger charge is -2.18. The van der Waals surface area contributed by atoms with Crippen molar-refractivity contribution in [1.29, 1.82) is 0 Å². The highest BCUT2D eigenvalue weighted by molar-refractivity contribution is 5.91. The SMILES string of the molecule is COC(=O)/C=C(\C)c1cccc(-c2ccccc2N(C)C)c1. The topological polar surface area (TPSA) is 29.5 Å². The van der Waals surface area contributed by atoms with Crippen LogP contribution in [0.1, 0.15) is 12.5 Å². The van der Waals surface area contributed by atoms with E-state index >= 15 is 0 Å². The fourth-order valence-corrected chi connectivity index (χ4v) is 2.36. The largest absolute Gasteiger partial charge is 0.466 e. The molecule has 0 saturated heterocycles. The quantitative estimate of drug-likeness (QED) is 0.631. The van der Waals surface area contributed by atoms with Gasteiger partial charge in [-0.2, -0.15) is 0 Å². The van der Waals surface area contributed by atoms with Crippen LogP contribution < -0.4 is 4.90 Å². The summed E-state index contributed by atoms with van der Waals surface area (Å²) in [6.45, 7) is 1.91. The number of esters is 1. The van der Waals surface area contributed by atoms with Gasteiger partial charge in [-0.15, -0.1) is 0 Å². The number of para-hydroxylation sites is 1. The van der Waals surface area contributed by atoms with E-state index in [1.165, 1.54) is 18.7 Å². The van der Waals surface area contributed by atoms with Crippen molar-refractivity contribution < 1.29 is 9.53 Å². The average molecular weight is 295 g/mol. The van der Waals surface area contributed by atoms with Crippen LogP contribution in [-0.2, 0) is 9.53 Å². The van der Waals surface area contributed by atoms with Crippen molar-refractivity contribution in [3.63, 3.8) is 0 Å². The van der Waals surface area contributed by atoms with Crippen LogP contribution in [0.25, 0.3) is 16.7 Å². The fourth-order valence-electron chi connectivity index (χ4n) is 2.36. The van der Waals surface area contributed by atoms with Crippen LogP contribution in [0, 0.1) is 0 Å². The lowest BCUT2D eigenvalue weighted by atomic mass is 9.98. The Kier molecular flexibility index (Phi) is 4.99. The minimum atomic E-state index is -0.336. The van der Waals surface area contributed by atoms with Crippen LogP contribution in [0.15, 0.2) is 54.6 Å². The first-order chi connectivity index (χ1) is 10.5. The Morgan fingerprint density at radius 3 is 2.50 bits per heavy atom. The number of hydrogen-bond donors (Lipinski definition) is 0. The van der Waals surface area contributed by atoms with E-state index in [1.54, 1.807) is 0 Å². The third-order valence-electron chi connectivity index (χ3n) is 3.55. The molecule has 114 valence electrons.